The van der Waals surface area contributed by atoms with E-state index in [0.29, 0.717) is 0 Å². The second kappa shape index (κ2) is 2.98. The maximum Gasteiger partial charge on any atom is 0.416 e. The molecule has 2 rings (SSSR count). The van der Waals surface area contributed by atoms with Crippen molar-refractivity contribution in [3.8, 4) is 0 Å². The fourth-order valence-electron chi connectivity index (χ4n) is 1.40. The first-order chi connectivity index (χ1) is 6.48. The molecule has 76 valence electrons. The Morgan fingerprint density at radius 3 is 2.00 bits per heavy atom. The molecule has 0 N–H and O–H groups in total. The van der Waals surface area contributed by atoms with E-state index < -0.39 is 11.7 Å². The fourth-order valence-corrected chi connectivity index (χ4v) is 1.40. The Labute approximate surface area is 79.5 Å². The van der Waals surface area contributed by atoms with Crippen LogP contribution >= 0.6 is 0 Å². The van der Waals surface area contributed by atoms with Gasteiger partial charge >= 0.3 is 6.18 Å². The van der Waals surface area contributed by atoms with Crippen LogP contribution in [0.4, 0.5) is 13.2 Å². The molecule has 1 aromatic rings. The van der Waals surface area contributed by atoms with Crippen molar-refractivity contribution in [2.24, 2.45) is 0 Å². The fraction of sp³-hybridized carbons (Fsp3) is 0.400. The first kappa shape index (κ1) is 9.52. The summed E-state index contributed by atoms with van der Waals surface area (Å²) < 4.78 is 41.7. The molecule has 1 aromatic carbocycles. The van der Waals surface area contributed by atoms with Crippen LogP contribution in [0, 0.1) is 0 Å². The molecular formula is C10H9F3O. The van der Waals surface area contributed by atoms with Crippen LogP contribution in [0.15, 0.2) is 24.3 Å². The summed E-state index contributed by atoms with van der Waals surface area (Å²) in [5, 5.41) is 0. The monoisotopic (exact) mass is 202 g/mol. The van der Waals surface area contributed by atoms with E-state index in [1.165, 1.54) is 12.1 Å². The van der Waals surface area contributed by atoms with Gasteiger partial charge in [-0.25, -0.2) is 0 Å². The number of hydrogen-bond donors (Lipinski definition) is 0. The van der Waals surface area contributed by atoms with E-state index in [0.717, 1.165) is 17.7 Å². The SMILES string of the molecule is C[C@@H]1O[C@H]1c1ccc(C(F)(F)F)cc1. The molecule has 0 amide bonds. The molecule has 0 unspecified atom stereocenters. The van der Waals surface area contributed by atoms with Crippen LogP contribution in [-0.2, 0) is 10.9 Å². The Morgan fingerprint density at radius 2 is 1.64 bits per heavy atom. The van der Waals surface area contributed by atoms with E-state index in [1.807, 2.05) is 6.92 Å². The van der Waals surface area contributed by atoms with Crippen LogP contribution in [0.5, 0.6) is 0 Å². The van der Waals surface area contributed by atoms with E-state index >= 15 is 0 Å². The summed E-state index contributed by atoms with van der Waals surface area (Å²) in [5.41, 5.74) is 0.194. The molecular weight excluding hydrogens is 193 g/mol. The standard InChI is InChI=1S/C10H9F3O/c1-6-9(14-6)7-2-4-8(5-3-7)10(11,12)13/h2-6,9H,1H3/t6-,9+/m0/s1. The third kappa shape index (κ3) is 1.75. The van der Waals surface area contributed by atoms with Gasteiger partial charge in [0.05, 0.1) is 11.7 Å². The lowest BCUT2D eigenvalue weighted by Gasteiger charge is -2.06. The van der Waals surface area contributed by atoms with E-state index in [2.05, 4.69) is 0 Å². The van der Waals surface area contributed by atoms with Crippen molar-refractivity contribution in [2.45, 2.75) is 25.3 Å². The van der Waals surface area contributed by atoms with E-state index in [-0.39, 0.29) is 12.2 Å². The molecule has 0 radical (unpaired) electrons. The molecule has 1 aliphatic rings. The van der Waals surface area contributed by atoms with Gasteiger partial charge in [-0.3, -0.25) is 0 Å². The number of rotatable bonds is 1. The second-order valence-corrected chi connectivity index (χ2v) is 3.38. The molecule has 1 saturated heterocycles. The maximum atomic E-state index is 12.2. The minimum absolute atomic E-state index is 0.0164. The molecule has 0 saturated carbocycles. The highest BCUT2D eigenvalue weighted by Gasteiger charge is 2.36. The third-order valence-corrected chi connectivity index (χ3v) is 2.28. The lowest BCUT2D eigenvalue weighted by atomic mass is 10.1. The highest BCUT2D eigenvalue weighted by Crippen LogP contribution is 2.39. The van der Waals surface area contributed by atoms with Crippen molar-refractivity contribution >= 4 is 0 Å². The first-order valence-electron chi connectivity index (χ1n) is 4.31. The van der Waals surface area contributed by atoms with Crippen molar-refractivity contribution in [1.29, 1.82) is 0 Å². The molecule has 2 atom stereocenters. The third-order valence-electron chi connectivity index (χ3n) is 2.28. The Kier molecular flexibility index (Phi) is 2.03. The van der Waals surface area contributed by atoms with Gasteiger partial charge in [-0.15, -0.1) is 0 Å². The summed E-state index contributed by atoms with van der Waals surface area (Å²) >= 11 is 0. The Balaban J connectivity index is 2.18. The molecule has 0 aliphatic carbocycles. The molecule has 1 fully saturated rings. The van der Waals surface area contributed by atoms with Crippen molar-refractivity contribution in [3.05, 3.63) is 35.4 Å². The normalized spacial score (nSPS) is 26.3. The van der Waals surface area contributed by atoms with Gasteiger partial charge in [0.2, 0.25) is 0 Å². The van der Waals surface area contributed by atoms with Crippen molar-refractivity contribution in [3.63, 3.8) is 0 Å². The van der Waals surface area contributed by atoms with Crippen molar-refractivity contribution < 1.29 is 17.9 Å². The zero-order valence-corrected chi connectivity index (χ0v) is 7.51. The number of halogens is 3. The summed E-state index contributed by atoms with van der Waals surface area (Å²) in [6.45, 7) is 1.89. The maximum absolute atomic E-state index is 12.2. The van der Waals surface area contributed by atoms with E-state index in [1.54, 1.807) is 0 Å². The van der Waals surface area contributed by atoms with Gasteiger partial charge in [-0.1, -0.05) is 12.1 Å². The number of alkyl halides is 3. The number of epoxide rings is 1. The van der Waals surface area contributed by atoms with Crippen LogP contribution in [0.3, 0.4) is 0 Å². The zero-order chi connectivity index (χ0) is 10.3. The lowest BCUT2D eigenvalue weighted by molar-refractivity contribution is -0.137. The average Bonchev–Trinajstić information content (AvgIpc) is 2.81. The zero-order valence-electron chi connectivity index (χ0n) is 7.51. The highest BCUT2D eigenvalue weighted by atomic mass is 19.4. The van der Waals surface area contributed by atoms with Gasteiger partial charge in [0.25, 0.3) is 0 Å². The Bertz CT molecular complexity index is 328. The molecule has 4 heteroatoms. The van der Waals surface area contributed by atoms with Crippen molar-refractivity contribution in [2.75, 3.05) is 0 Å². The summed E-state index contributed by atoms with van der Waals surface area (Å²) in [7, 11) is 0. The Hall–Kier alpha value is -1.03. The molecule has 0 bridgehead atoms. The van der Waals surface area contributed by atoms with Crippen LogP contribution in [0.1, 0.15) is 24.2 Å². The average molecular weight is 202 g/mol. The van der Waals surface area contributed by atoms with Crippen LogP contribution in [0.25, 0.3) is 0 Å². The van der Waals surface area contributed by atoms with Crippen LogP contribution in [0.2, 0.25) is 0 Å². The van der Waals surface area contributed by atoms with E-state index in [9.17, 15) is 13.2 Å². The van der Waals surface area contributed by atoms with Crippen LogP contribution < -0.4 is 0 Å². The number of benzene rings is 1. The number of ether oxygens (including phenoxy) is 1. The van der Waals surface area contributed by atoms with Gasteiger partial charge in [0, 0.05) is 0 Å². The molecule has 14 heavy (non-hydrogen) atoms. The first-order valence-corrected chi connectivity index (χ1v) is 4.31. The van der Waals surface area contributed by atoms with Crippen LogP contribution in [-0.4, -0.2) is 6.10 Å². The largest absolute Gasteiger partial charge is 0.416 e. The molecule has 1 nitrogen and oxygen atoms in total. The van der Waals surface area contributed by atoms with Gasteiger partial charge in [-0.05, 0) is 24.6 Å². The minimum Gasteiger partial charge on any atom is -0.365 e. The number of hydrogen-bond acceptors (Lipinski definition) is 1. The quantitative estimate of drug-likeness (QED) is 0.637. The summed E-state index contributed by atoms with van der Waals surface area (Å²) in [6.07, 6.45) is -4.14. The summed E-state index contributed by atoms with van der Waals surface area (Å²) in [5.74, 6) is 0. The van der Waals surface area contributed by atoms with Gasteiger partial charge in [-0.2, -0.15) is 13.2 Å². The molecule has 0 spiro atoms. The lowest BCUT2D eigenvalue weighted by Crippen LogP contribution is -2.04. The highest BCUT2D eigenvalue weighted by molar-refractivity contribution is 5.28. The molecule has 0 aromatic heterocycles. The molecule has 1 heterocycles. The smallest absolute Gasteiger partial charge is 0.365 e. The van der Waals surface area contributed by atoms with Gasteiger partial charge in [0.15, 0.2) is 0 Å². The second-order valence-electron chi connectivity index (χ2n) is 3.38. The van der Waals surface area contributed by atoms with E-state index in [4.69, 9.17) is 4.74 Å². The Morgan fingerprint density at radius 1 is 1.14 bits per heavy atom. The topological polar surface area (TPSA) is 12.5 Å². The predicted octanol–water partition coefficient (Wildman–Crippen LogP) is 3.17. The van der Waals surface area contributed by atoms with Gasteiger partial charge < -0.3 is 4.74 Å². The summed E-state index contributed by atoms with van der Waals surface area (Å²) in [6, 6.07) is 5.11. The predicted molar refractivity (Wildman–Crippen MR) is 44.7 cm³/mol. The molecule has 1 aliphatic heterocycles. The van der Waals surface area contributed by atoms with Gasteiger partial charge in [0.1, 0.15) is 6.10 Å². The minimum atomic E-state index is -4.26. The van der Waals surface area contributed by atoms with Crippen molar-refractivity contribution in [1.82, 2.24) is 0 Å². The summed E-state index contributed by atoms with van der Waals surface area (Å²) in [4.78, 5) is 0.